The Morgan fingerprint density at radius 2 is 1.61 bits per heavy atom. The first-order chi connectivity index (χ1) is 8.52. The zero-order chi connectivity index (χ0) is 13.5. The highest BCUT2D eigenvalue weighted by Gasteiger charge is 2.19. The molecule has 1 unspecified atom stereocenters. The van der Waals surface area contributed by atoms with Crippen molar-refractivity contribution in [2.45, 2.75) is 39.9 Å². The van der Waals surface area contributed by atoms with Crippen molar-refractivity contribution >= 4 is 0 Å². The fourth-order valence-electron chi connectivity index (χ4n) is 2.09. The molecule has 4 heteroatoms. The van der Waals surface area contributed by atoms with Gasteiger partial charge >= 0.3 is 0 Å². The molecule has 1 rings (SSSR count). The van der Waals surface area contributed by atoms with Gasteiger partial charge in [0.15, 0.2) is 0 Å². The molecular formula is C14H30N2O2. The van der Waals surface area contributed by atoms with Crippen LogP contribution in [0.5, 0.6) is 0 Å². The maximum atomic E-state index is 9.97. The van der Waals surface area contributed by atoms with Crippen molar-refractivity contribution < 1.29 is 9.84 Å². The number of piperazine rings is 1. The zero-order valence-corrected chi connectivity index (χ0v) is 12.4. The number of rotatable bonds is 7. The van der Waals surface area contributed by atoms with E-state index in [-0.39, 0.29) is 12.2 Å². The number of aliphatic hydroxyl groups excluding tert-OH is 1. The van der Waals surface area contributed by atoms with Crippen LogP contribution in [0.2, 0.25) is 0 Å². The molecule has 1 aliphatic heterocycles. The summed E-state index contributed by atoms with van der Waals surface area (Å²) in [4.78, 5) is 4.78. The highest BCUT2D eigenvalue weighted by atomic mass is 16.5. The maximum absolute atomic E-state index is 9.97. The second-order valence-electron chi connectivity index (χ2n) is 5.67. The van der Waals surface area contributed by atoms with Gasteiger partial charge in [0.05, 0.1) is 18.8 Å². The number of nitrogens with zero attached hydrogens (tertiary/aromatic N) is 2. The van der Waals surface area contributed by atoms with Gasteiger partial charge in [0, 0.05) is 32.7 Å². The van der Waals surface area contributed by atoms with Crippen LogP contribution in [0.25, 0.3) is 0 Å². The van der Waals surface area contributed by atoms with Gasteiger partial charge in [-0.15, -0.1) is 0 Å². The Bertz CT molecular complexity index is 216. The molecule has 1 heterocycles. The maximum Gasteiger partial charge on any atom is 0.0900 e. The molecular weight excluding hydrogens is 228 g/mol. The van der Waals surface area contributed by atoms with Gasteiger partial charge in [0.2, 0.25) is 0 Å². The van der Waals surface area contributed by atoms with Gasteiger partial charge in [-0.25, -0.2) is 0 Å². The highest BCUT2D eigenvalue weighted by molar-refractivity contribution is 4.73. The van der Waals surface area contributed by atoms with E-state index < -0.39 is 0 Å². The van der Waals surface area contributed by atoms with Crippen molar-refractivity contribution in [2.75, 3.05) is 45.9 Å². The summed E-state index contributed by atoms with van der Waals surface area (Å²) in [5, 5.41) is 9.97. The number of hydrogen-bond acceptors (Lipinski definition) is 4. The molecule has 1 aliphatic rings. The van der Waals surface area contributed by atoms with Gasteiger partial charge < -0.3 is 14.7 Å². The van der Waals surface area contributed by atoms with Crippen molar-refractivity contribution in [2.24, 2.45) is 5.92 Å². The molecule has 0 aromatic rings. The summed E-state index contributed by atoms with van der Waals surface area (Å²) in [6, 6.07) is 0. The van der Waals surface area contributed by atoms with E-state index in [2.05, 4.69) is 37.5 Å². The van der Waals surface area contributed by atoms with E-state index in [0.29, 0.717) is 12.5 Å². The summed E-state index contributed by atoms with van der Waals surface area (Å²) in [6.45, 7) is 15.2. The van der Waals surface area contributed by atoms with Crippen LogP contribution in [-0.2, 0) is 4.74 Å². The van der Waals surface area contributed by atoms with E-state index in [9.17, 15) is 5.11 Å². The lowest BCUT2D eigenvalue weighted by atomic mass is 10.1. The predicted octanol–water partition coefficient (Wildman–Crippen LogP) is 1.05. The summed E-state index contributed by atoms with van der Waals surface area (Å²) in [5.74, 6) is 0.505. The summed E-state index contributed by atoms with van der Waals surface area (Å²) >= 11 is 0. The summed E-state index contributed by atoms with van der Waals surface area (Å²) in [5.41, 5.74) is 0. The number of ether oxygens (including phenoxy) is 1. The Kier molecular flexibility index (Phi) is 7.15. The molecule has 0 saturated carbocycles. The van der Waals surface area contributed by atoms with Gasteiger partial charge in [0.25, 0.3) is 0 Å². The molecule has 0 aromatic heterocycles. The molecule has 4 nitrogen and oxygen atoms in total. The summed E-state index contributed by atoms with van der Waals surface area (Å²) in [7, 11) is 0. The van der Waals surface area contributed by atoms with E-state index in [1.807, 2.05) is 0 Å². The first-order valence-corrected chi connectivity index (χ1v) is 7.27. The van der Waals surface area contributed by atoms with Crippen LogP contribution >= 0.6 is 0 Å². The van der Waals surface area contributed by atoms with Crippen molar-refractivity contribution in [1.29, 1.82) is 0 Å². The summed E-state index contributed by atoms with van der Waals surface area (Å²) in [6.07, 6.45) is -0.143. The lowest BCUT2D eigenvalue weighted by Crippen LogP contribution is -2.49. The average molecular weight is 258 g/mol. The number of likely N-dealkylation sites (N-methyl/N-ethyl adjacent to an activating group) is 1. The Labute approximate surface area is 112 Å². The number of aliphatic hydroxyl groups is 1. The minimum Gasteiger partial charge on any atom is -0.389 e. The number of β-amino-alcohol motifs (C(OH)–C–C–N with tert-alkyl or cyclic N) is 1. The second kappa shape index (κ2) is 8.10. The van der Waals surface area contributed by atoms with Crippen LogP contribution in [0.1, 0.15) is 27.7 Å². The van der Waals surface area contributed by atoms with Gasteiger partial charge in [-0.2, -0.15) is 0 Å². The molecule has 0 aliphatic carbocycles. The molecule has 0 aromatic carbocycles. The standard InChI is InChI=1S/C14H30N2O2/c1-5-15-6-8-16(9-7-15)10-14(17)11-18-13(4)12(2)3/h12-14,17H,5-11H2,1-4H3/t13?,14-/m1/s1. The lowest BCUT2D eigenvalue weighted by molar-refractivity contribution is -0.0337. The molecule has 108 valence electrons. The Hall–Kier alpha value is -0.160. The largest absolute Gasteiger partial charge is 0.389 e. The first-order valence-electron chi connectivity index (χ1n) is 7.27. The Morgan fingerprint density at radius 3 is 2.11 bits per heavy atom. The van der Waals surface area contributed by atoms with Crippen molar-refractivity contribution in [3.8, 4) is 0 Å². The van der Waals surface area contributed by atoms with Crippen molar-refractivity contribution in [3.05, 3.63) is 0 Å². The summed E-state index contributed by atoms with van der Waals surface area (Å²) < 4.78 is 5.66. The molecule has 0 amide bonds. The SMILES string of the molecule is CCN1CCN(C[C@@H](O)COC(C)C(C)C)CC1. The second-order valence-corrected chi connectivity index (χ2v) is 5.67. The topological polar surface area (TPSA) is 35.9 Å². The third-order valence-electron chi connectivity index (χ3n) is 3.87. The van der Waals surface area contributed by atoms with Gasteiger partial charge in [-0.1, -0.05) is 20.8 Å². The van der Waals surface area contributed by atoms with E-state index in [1.165, 1.54) is 0 Å². The Balaban J connectivity index is 2.15. The predicted molar refractivity (Wildman–Crippen MR) is 74.8 cm³/mol. The molecule has 1 saturated heterocycles. The molecule has 2 atom stereocenters. The third-order valence-corrected chi connectivity index (χ3v) is 3.87. The molecule has 1 fully saturated rings. The fraction of sp³-hybridized carbons (Fsp3) is 1.00. The Morgan fingerprint density at radius 1 is 1.06 bits per heavy atom. The minimum absolute atomic E-state index is 0.219. The fourth-order valence-corrected chi connectivity index (χ4v) is 2.09. The van der Waals surface area contributed by atoms with Crippen LogP contribution in [0, 0.1) is 5.92 Å². The molecule has 0 radical (unpaired) electrons. The number of hydrogen-bond donors (Lipinski definition) is 1. The van der Waals surface area contributed by atoms with Crippen molar-refractivity contribution in [3.63, 3.8) is 0 Å². The molecule has 18 heavy (non-hydrogen) atoms. The van der Waals surface area contributed by atoms with E-state index in [0.717, 1.165) is 39.3 Å². The van der Waals surface area contributed by atoms with Gasteiger partial charge in [-0.3, -0.25) is 4.90 Å². The minimum atomic E-state index is -0.362. The van der Waals surface area contributed by atoms with E-state index >= 15 is 0 Å². The van der Waals surface area contributed by atoms with Crippen LogP contribution in [-0.4, -0.2) is 73.0 Å². The normalized spacial score (nSPS) is 22.3. The average Bonchev–Trinajstić information content (AvgIpc) is 2.36. The van der Waals surface area contributed by atoms with Crippen LogP contribution in [0.15, 0.2) is 0 Å². The van der Waals surface area contributed by atoms with Crippen molar-refractivity contribution in [1.82, 2.24) is 9.80 Å². The van der Waals surface area contributed by atoms with Gasteiger partial charge in [0.1, 0.15) is 0 Å². The quantitative estimate of drug-likeness (QED) is 0.740. The van der Waals surface area contributed by atoms with E-state index in [4.69, 9.17) is 4.74 Å². The van der Waals surface area contributed by atoms with E-state index in [1.54, 1.807) is 0 Å². The molecule has 0 spiro atoms. The van der Waals surface area contributed by atoms with Gasteiger partial charge in [-0.05, 0) is 19.4 Å². The van der Waals surface area contributed by atoms with Crippen LogP contribution < -0.4 is 0 Å². The smallest absolute Gasteiger partial charge is 0.0900 e. The highest BCUT2D eigenvalue weighted by Crippen LogP contribution is 2.07. The monoisotopic (exact) mass is 258 g/mol. The molecule has 1 N–H and O–H groups in total. The van der Waals surface area contributed by atoms with Crippen LogP contribution in [0.3, 0.4) is 0 Å². The van der Waals surface area contributed by atoms with Crippen LogP contribution in [0.4, 0.5) is 0 Å². The first kappa shape index (κ1) is 15.9. The third kappa shape index (κ3) is 5.65. The zero-order valence-electron chi connectivity index (χ0n) is 12.4. The molecule has 0 bridgehead atoms. The lowest BCUT2D eigenvalue weighted by Gasteiger charge is -2.35.